The second-order valence-electron chi connectivity index (χ2n) is 4.78. The Morgan fingerprint density at radius 2 is 1.90 bits per heavy atom. The van der Waals surface area contributed by atoms with Crippen molar-refractivity contribution in [3.8, 4) is 5.75 Å². The van der Waals surface area contributed by atoms with Crippen molar-refractivity contribution in [1.29, 1.82) is 0 Å². The van der Waals surface area contributed by atoms with Crippen LogP contribution in [0.2, 0.25) is 5.02 Å². The zero-order valence-electron chi connectivity index (χ0n) is 11.7. The van der Waals surface area contributed by atoms with Crippen LogP contribution in [-0.2, 0) is 6.42 Å². The van der Waals surface area contributed by atoms with E-state index < -0.39 is 0 Å². The van der Waals surface area contributed by atoms with Gasteiger partial charge in [0, 0.05) is 11.1 Å². The largest absolute Gasteiger partial charge is 0.496 e. The molecule has 2 aromatic carbocycles. The topological polar surface area (TPSA) is 47.3 Å². The maximum Gasteiger partial charge on any atom is 0.121 e. The third kappa shape index (κ3) is 3.51. The highest BCUT2D eigenvalue weighted by Crippen LogP contribution is 2.24. The molecular formula is C16H19ClN2O. The van der Waals surface area contributed by atoms with Crippen LogP contribution < -0.4 is 16.0 Å². The maximum atomic E-state index is 5.90. The first-order valence-electron chi connectivity index (χ1n) is 6.49. The van der Waals surface area contributed by atoms with E-state index >= 15 is 0 Å². The third-order valence-electron chi connectivity index (χ3n) is 3.38. The lowest BCUT2D eigenvalue weighted by molar-refractivity contribution is 0.411. The van der Waals surface area contributed by atoms with Gasteiger partial charge in [0.25, 0.3) is 0 Å². The van der Waals surface area contributed by atoms with Crippen LogP contribution in [0.15, 0.2) is 42.5 Å². The number of hydrazine groups is 1. The van der Waals surface area contributed by atoms with E-state index in [1.165, 1.54) is 5.56 Å². The molecule has 1 unspecified atom stereocenters. The summed E-state index contributed by atoms with van der Waals surface area (Å²) >= 11 is 5.90. The summed E-state index contributed by atoms with van der Waals surface area (Å²) in [6, 6.07) is 14.0. The van der Waals surface area contributed by atoms with Gasteiger partial charge in [-0.05, 0) is 48.2 Å². The monoisotopic (exact) mass is 290 g/mol. The zero-order chi connectivity index (χ0) is 14.5. The molecule has 0 spiro atoms. The molecule has 0 bridgehead atoms. The Labute approximate surface area is 124 Å². The summed E-state index contributed by atoms with van der Waals surface area (Å²) in [5.41, 5.74) is 6.30. The van der Waals surface area contributed by atoms with Gasteiger partial charge in [-0.3, -0.25) is 11.3 Å². The van der Waals surface area contributed by atoms with Crippen molar-refractivity contribution in [3.05, 3.63) is 64.2 Å². The molecule has 0 saturated carbocycles. The molecule has 0 aliphatic heterocycles. The van der Waals surface area contributed by atoms with E-state index in [9.17, 15) is 0 Å². The van der Waals surface area contributed by atoms with Gasteiger partial charge in [-0.1, -0.05) is 35.9 Å². The smallest absolute Gasteiger partial charge is 0.121 e. The van der Waals surface area contributed by atoms with Crippen LogP contribution >= 0.6 is 11.6 Å². The molecule has 1 atom stereocenters. The lowest BCUT2D eigenvalue weighted by atomic mass is 9.98. The molecule has 0 saturated heterocycles. The predicted molar refractivity (Wildman–Crippen MR) is 83.0 cm³/mol. The highest BCUT2D eigenvalue weighted by molar-refractivity contribution is 6.30. The zero-order valence-corrected chi connectivity index (χ0v) is 12.4. The molecule has 0 amide bonds. The van der Waals surface area contributed by atoms with Crippen molar-refractivity contribution in [2.75, 3.05) is 7.11 Å². The van der Waals surface area contributed by atoms with Gasteiger partial charge in [0.2, 0.25) is 0 Å². The number of aryl methyl sites for hydroxylation is 1. The Morgan fingerprint density at radius 3 is 2.45 bits per heavy atom. The fourth-order valence-corrected chi connectivity index (χ4v) is 2.37. The first-order valence-corrected chi connectivity index (χ1v) is 6.87. The van der Waals surface area contributed by atoms with Crippen LogP contribution in [-0.4, -0.2) is 7.11 Å². The summed E-state index contributed by atoms with van der Waals surface area (Å²) in [6.45, 7) is 2.03. The van der Waals surface area contributed by atoms with Gasteiger partial charge in [0.1, 0.15) is 5.75 Å². The molecule has 0 aliphatic carbocycles. The van der Waals surface area contributed by atoms with Gasteiger partial charge in [-0.15, -0.1) is 0 Å². The van der Waals surface area contributed by atoms with Crippen molar-refractivity contribution in [2.24, 2.45) is 5.84 Å². The Hall–Kier alpha value is -1.55. The molecule has 3 nitrogen and oxygen atoms in total. The Kier molecular flexibility index (Phi) is 5.01. The number of nitrogens with one attached hydrogen (secondary N) is 1. The fourth-order valence-electron chi connectivity index (χ4n) is 2.25. The third-order valence-corrected chi connectivity index (χ3v) is 3.63. The van der Waals surface area contributed by atoms with Crippen molar-refractivity contribution >= 4 is 11.6 Å². The molecule has 4 heteroatoms. The lowest BCUT2D eigenvalue weighted by Crippen LogP contribution is -2.29. The first-order chi connectivity index (χ1) is 9.63. The lowest BCUT2D eigenvalue weighted by Gasteiger charge is -2.18. The van der Waals surface area contributed by atoms with Crippen LogP contribution in [0.1, 0.15) is 22.7 Å². The number of benzene rings is 2. The number of methoxy groups -OCH3 is 1. The van der Waals surface area contributed by atoms with E-state index in [0.29, 0.717) is 0 Å². The average molecular weight is 291 g/mol. The molecule has 0 heterocycles. The molecule has 0 radical (unpaired) electrons. The van der Waals surface area contributed by atoms with Gasteiger partial charge >= 0.3 is 0 Å². The van der Waals surface area contributed by atoms with E-state index in [1.807, 2.05) is 43.3 Å². The Balaban J connectivity index is 2.19. The van der Waals surface area contributed by atoms with Crippen LogP contribution in [0, 0.1) is 6.92 Å². The second-order valence-corrected chi connectivity index (χ2v) is 5.22. The van der Waals surface area contributed by atoms with Crippen molar-refractivity contribution in [1.82, 2.24) is 5.43 Å². The maximum absolute atomic E-state index is 5.90. The number of halogens is 1. The summed E-state index contributed by atoms with van der Waals surface area (Å²) in [5, 5.41) is 0.742. The molecule has 0 aliphatic rings. The van der Waals surface area contributed by atoms with Crippen LogP contribution in [0.5, 0.6) is 5.75 Å². The van der Waals surface area contributed by atoms with Crippen molar-refractivity contribution in [2.45, 2.75) is 19.4 Å². The van der Waals surface area contributed by atoms with E-state index in [2.05, 4.69) is 11.5 Å². The molecule has 2 rings (SSSR count). The molecule has 0 fully saturated rings. The van der Waals surface area contributed by atoms with Gasteiger partial charge < -0.3 is 4.74 Å². The Morgan fingerprint density at radius 1 is 1.20 bits per heavy atom. The van der Waals surface area contributed by atoms with Crippen molar-refractivity contribution < 1.29 is 4.74 Å². The minimum Gasteiger partial charge on any atom is -0.496 e. The van der Waals surface area contributed by atoms with Gasteiger partial charge in [-0.2, -0.15) is 0 Å². The summed E-state index contributed by atoms with van der Waals surface area (Å²) < 4.78 is 5.28. The molecular weight excluding hydrogens is 272 g/mol. The number of ether oxygens (including phenoxy) is 1. The van der Waals surface area contributed by atoms with E-state index in [1.54, 1.807) is 7.11 Å². The number of rotatable bonds is 5. The number of nitrogens with two attached hydrogens (primary N) is 1. The van der Waals surface area contributed by atoms with Gasteiger partial charge in [0.15, 0.2) is 0 Å². The second kappa shape index (κ2) is 6.75. The standard InChI is InChI=1S/C16H19ClN2O/c1-11-9-13(5-8-16(11)20-2)15(19-18)10-12-3-6-14(17)7-4-12/h3-9,15,19H,10,18H2,1-2H3. The van der Waals surface area contributed by atoms with Crippen LogP contribution in [0.3, 0.4) is 0 Å². The van der Waals surface area contributed by atoms with E-state index in [0.717, 1.165) is 28.3 Å². The molecule has 2 aromatic rings. The fraction of sp³-hybridized carbons (Fsp3) is 0.250. The number of hydrogen-bond donors (Lipinski definition) is 2. The SMILES string of the molecule is COc1ccc(C(Cc2ccc(Cl)cc2)NN)cc1C. The molecule has 0 aromatic heterocycles. The normalized spacial score (nSPS) is 12.2. The Bertz CT molecular complexity index is 569. The molecule has 3 N–H and O–H groups in total. The van der Waals surface area contributed by atoms with Gasteiger partial charge in [-0.25, -0.2) is 0 Å². The molecule has 106 valence electrons. The summed E-state index contributed by atoms with van der Waals surface area (Å²) in [7, 11) is 1.67. The van der Waals surface area contributed by atoms with Crippen LogP contribution in [0.4, 0.5) is 0 Å². The van der Waals surface area contributed by atoms with Crippen molar-refractivity contribution in [3.63, 3.8) is 0 Å². The predicted octanol–water partition coefficient (Wildman–Crippen LogP) is 3.40. The highest BCUT2D eigenvalue weighted by Gasteiger charge is 2.12. The summed E-state index contributed by atoms with van der Waals surface area (Å²) in [5.74, 6) is 6.58. The van der Waals surface area contributed by atoms with Crippen LogP contribution in [0.25, 0.3) is 0 Å². The minimum atomic E-state index is 0.0563. The van der Waals surface area contributed by atoms with E-state index in [-0.39, 0.29) is 6.04 Å². The summed E-state index contributed by atoms with van der Waals surface area (Å²) in [4.78, 5) is 0. The highest BCUT2D eigenvalue weighted by atomic mass is 35.5. The quantitative estimate of drug-likeness (QED) is 0.655. The molecule has 20 heavy (non-hydrogen) atoms. The first kappa shape index (κ1) is 14.9. The average Bonchev–Trinajstić information content (AvgIpc) is 2.46. The number of hydrogen-bond acceptors (Lipinski definition) is 3. The minimum absolute atomic E-state index is 0.0563. The summed E-state index contributed by atoms with van der Waals surface area (Å²) in [6.07, 6.45) is 0.805. The van der Waals surface area contributed by atoms with E-state index in [4.69, 9.17) is 22.2 Å². The van der Waals surface area contributed by atoms with Gasteiger partial charge in [0.05, 0.1) is 7.11 Å².